The molecule has 43 heavy (non-hydrogen) atoms. The molecule has 0 N–H and O–H groups in total. The summed E-state index contributed by atoms with van der Waals surface area (Å²) in [6, 6.07) is 0. The van der Waals surface area contributed by atoms with Gasteiger partial charge < -0.3 is 9.47 Å². The number of thiol groups is 2. The number of carbonyl (C=O) groups excluding carboxylic acids is 2. The van der Waals surface area contributed by atoms with E-state index >= 15 is 0 Å². The van der Waals surface area contributed by atoms with E-state index in [1.54, 1.807) is 21.7 Å². The maximum absolute atomic E-state index is 10.7. The third-order valence-electron chi connectivity index (χ3n) is 7.05. The molecule has 2 radical (unpaired) electrons. The van der Waals surface area contributed by atoms with Crippen molar-refractivity contribution < 1.29 is 19.1 Å². The summed E-state index contributed by atoms with van der Waals surface area (Å²) in [6.07, 6.45) is 27.1. The fourth-order valence-electron chi connectivity index (χ4n) is 4.31. The molecule has 7 heteroatoms. The van der Waals surface area contributed by atoms with E-state index in [0.717, 1.165) is 37.5 Å². The summed E-state index contributed by atoms with van der Waals surface area (Å²) in [5.74, 6) is 1.50. The second-order valence-electron chi connectivity index (χ2n) is 12.5. The van der Waals surface area contributed by atoms with E-state index in [1.165, 1.54) is 89.9 Å². The molecule has 0 saturated carbocycles. The molecule has 0 aromatic carbocycles. The number of hydrogen-bond donors (Lipinski definition) is 2. The third kappa shape index (κ3) is 52.3. The van der Waals surface area contributed by atoms with Crippen molar-refractivity contribution in [2.45, 2.75) is 179 Å². The Kier molecular flexibility index (Phi) is 47.2. The van der Waals surface area contributed by atoms with E-state index in [0.29, 0.717) is 13.2 Å². The van der Waals surface area contributed by atoms with E-state index in [2.05, 4.69) is 66.8 Å². The molecule has 0 saturated heterocycles. The van der Waals surface area contributed by atoms with Crippen molar-refractivity contribution in [1.82, 2.24) is 0 Å². The first kappa shape index (κ1) is 47.8. The summed E-state index contributed by atoms with van der Waals surface area (Å²) in [4.78, 5) is 21.3. The van der Waals surface area contributed by atoms with Gasteiger partial charge in [-0.05, 0) is 24.7 Å². The van der Waals surface area contributed by atoms with Crippen molar-refractivity contribution in [3.8, 4) is 0 Å². The van der Waals surface area contributed by atoms with Gasteiger partial charge in [0.05, 0.1) is 24.7 Å². The molecule has 0 aromatic rings. The zero-order valence-electron chi connectivity index (χ0n) is 29.6. The molecule has 0 spiro atoms. The second-order valence-corrected chi connectivity index (χ2v) is 17.4. The molecule has 0 atom stereocenters. The van der Waals surface area contributed by atoms with Crippen LogP contribution in [0.25, 0.3) is 0 Å². The Morgan fingerprint density at radius 3 is 1.16 bits per heavy atom. The summed E-state index contributed by atoms with van der Waals surface area (Å²) in [5, 5.41) is 0. The van der Waals surface area contributed by atoms with Gasteiger partial charge in [-0.2, -0.15) is 25.3 Å². The van der Waals surface area contributed by atoms with Gasteiger partial charge in [0.1, 0.15) is 0 Å². The van der Waals surface area contributed by atoms with Crippen LogP contribution >= 0.6 is 25.3 Å². The Balaban J connectivity index is -0.000000566. The molecule has 0 heterocycles. The van der Waals surface area contributed by atoms with Crippen LogP contribution in [-0.4, -0.2) is 57.8 Å². The normalized spacial score (nSPS) is 10.7. The van der Waals surface area contributed by atoms with E-state index in [1.807, 2.05) is 0 Å². The summed E-state index contributed by atoms with van der Waals surface area (Å²) in [7, 11) is 0. The molecule has 0 rings (SSSR count). The molecule has 0 bridgehead atoms. The molecular formula is C36H74O4S2Sn. The average molecular weight is 754 g/mol. The Morgan fingerprint density at radius 2 is 0.837 bits per heavy atom. The third-order valence-corrected chi connectivity index (χ3v) is 11.6. The summed E-state index contributed by atoms with van der Waals surface area (Å²) < 4.78 is 13.1. The van der Waals surface area contributed by atoms with Crippen LogP contribution in [0.2, 0.25) is 8.87 Å². The number of esters is 2. The molecule has 0 aliphatic carbocycles. The average Bonchev–Trinajstić information content (AvgIpc) is 2.99. The Morgan fingerprint density at radius 1 is 0.512 bits per heavy atom. The summed E-state index contributed by atoms with van der Waals surface area (Å²) >= 11 is 7.70. The Bertz CT molecular complexity index is 501. The fourth-order valence-corrected chi connectivity index (χ4v) is 8.06. The molecule has 258 valence electrons. The topological polar surface area (TPSA) is 52.6 Å². The van der Waals surface area contributed by atoms with E-state index in [4.69, 9.17) is 9.47 Å². The first-order chi connectivity index (χ1) is 20.7. The van der Waals surface area contributed by atoms with Crippen molar-refractivity contribution in [1.29, 1.82) is 0 Å². The van der Waals surface area contributed by atoms with E-state index < -0.39 is 0 Å². The van der Waals surface area contributed by atoms with Crippen LogP contribution in [0.3, 0.4) is 0 Å². The molecular weight excluding hydrogens is 679 g/mol. The molecule has 0 unspecified atom stereocenters. The predicted octanol–water partition coefficient (Wildman–Crippen LogP) is 11.6. The molecule has 0 amide bonds. The zero-order chi connectivity index (χ0) is 32.8. The van der Waals surface area contributed by atoms with E-state index in [-0.39, 0.29) is 44.6 Å². The SMILES string of the molecule is CC(C)CCCCCOC(=O)CS.CC(C)CCCCCOC(=O)CS.CCCCCCC[CH2][Sn][CH2]CCCCCCC. The molecule has 0 aliphatic heterocycles. The van der Waals surface area contributed by atoms with Gasteiger partial charge in [0.15, 0.2) is 0 Å². The zero-order valence-corrected chi connectivity index (χ0v) is 34.2. The number of hydrogen-bond acceptors (Lipinski definition) is 6. The first-order valence-corrected chi connectivity index (χ1v) is 23.3. The van der Waals surface area contributed by atoms with Crippen LogP contribution in [0.5, 0.6) is 0 Å². The second kappa shape index (κ2) is 42.4. The van der Waals surface area contributed by atoms with Crippen molar-refractivity contribution >= 4 is 58.3 Å². The van der Waals surface area contributed by atoms with Gasteiger partial charge >= 0.3 is 133 Å². The van der Waals surface area contributed by atoms with Gasteiger partial charge in [0, 0.05) is 0 Å². The Labute approximate surface area is 291 Å². The first-order valence-electron chi connectivity index (χ1n) is 18.0. The van der Waals surface area contributed by atoms with Crippen molar-refractivity contribution in [3.05, 3.63) is 0 Å². The molecule has 0 fully saturated rings. The number of carbonyl (C=O) groups is 2. The summed E-state index contributed by atoms with van der Waals surface area (Å²) in [5.41, 5.74) is 0. The molecule has 0 aromatic heterocycles. The molecule has 4 nitrogen and oxygen atoms in total. The van der Waals surface area contributed by atoms with Crippen LogP contribution < -0.4 is 0 Å². The maximum atomic E-state index is 10.7. The van der Waals surface area contributed by atoms with Gasteiger partial charge in [-0.15, -0.1) is 0 Å². The molecule has 0 aliphatic rings. The minimum absolute atomic E-state index is 0.0736. The van der Waals surface area contributed by atoms with Crippen molar-refractivity contribution in [2.24, 2.45) is 11.8 Å². The Hall–Kier alpha value is 0.439. The predicted molar refractivity (Wildman–Crippen MR) is 198 cm³/mol. The van der Waals surface area contributed by atoms with Crippen LogP contribution in [0.4, 0.5) is 0 Å². The van der Waals surface area contributed by atoms with Gasteiger partial charge in [0.25, 0.3) is 0 Å². The monoisotopic (exact) mass is 754 g/mol. The van der Waals surface area contributed by atoms with E-state index in [9.17, 15) is 9.59 Å². The number of ether oxygens (including phenoxy) is 2. The van der Waals surface area contributed by atoms with Crippen LogP contribution in [0, 0.1) is 11.8 Å². The van der Waals surface area contributed by atoms with Crippen molar-refractivity contribution in [2.75, 3.05) is 24.7 Å². The number of unbranched alkanes of at least 4 members (excludes halogenated alkanes) is 14. The standard InChI is InChI=1S/2C10H20O2S.2C8H17.Sn/c2*1-9(2)6-4-3-5-7-12-10(11)8-13;2*1-3-5-7-8-6-4-2;/h2*9,13H,3-8H2,1-2H3;2*1,3-8H2,2H3;. The van der Waals surface area contributed by atoms with Crippen molar-refractivity contribution in [3.63, 3.8) is 0 Å². The van der Waals surface area contributed by atoms with Gasteiger partial charge in [-0.25, -0.2) is 0 Å². The van der Waals surface area contributed by atoms with Crippen LogP contribution in [0.1, 0.15) is 170 Å². The van der Waals surface area contributed by atoms with Gasteiger partial charge in [0.2, 0.25) is 0 Å². The minimum atomic E-state index is -0.216. The van der Waals surface area contributed by atoms with Gasteiger partial charge in [-0.3, -0.25) is 9.59 Å². The fraction of sp³-hybridized carbons (Fsp3) is 0.944. The van der Waals surface area contributed by atoms with Crippen LogP contribution in [-0.2, 0) is 19.1 Å². The van der Waals surface area contributed by atoms with Crippen LogP contribution in [0.15, 0.2) is 0 Å². The van der Waals surface area contributed by atoms with Gasteiger partial charge in [-0.1, -0.05) is 66.2 Å². The number of rotatable bonds is 28. The summed E-state index contributed by atoms with van der Waals surface area (Å²) in [6.45, 7) is 14.6. The quantitative estimate of drug-likeness (QED) is 0.0362.